The molecule has 1 aliphatic carbocycles. The highest BCUT2D eigenvalue weighted by Crippen LogP contribution is 2.42. The van der Waals surface area contributed by atoms with Crippen LogP contribution in [0, 0.1) is 0 Å². The standard InChI is InChI=1S/C26H34BrN5O3/c1-17-14-22(33)24-23(17)25(30-16-29-24)31-8-10-32(11-9-31)26(34)21(18-2-4-19(27)5-3-18)15-28-20-6-12-35-13-7-20/h2-5,16-17,20-22,28,33H,6-15H2,1H3/t17-,21-,22-/m1/s1. The number of benzene rings is 1. The summed E-state index contributed by atoms with van der Waals surface area (Å²) in [5.74, 6) is 1.09. The summed E-state index contributed by atoms with van der Waals surface area (Å²) >= 11 is 3.51. The molecule has 0 radical (unpaired) electrons. The van der Waals surface area contributed by atoms with Crippen molar-refractivity contribution in [1.29, 1.82) is 0 Å². The zero-order chi connectivity index (χ0) is 24.4. The number of anilines is 1. The molecule has 9 heteroatoms. The van der Waals surface area contributed by atoms with Crippen LogP contribution in [0.25, 0.3) is 0 Å². The van der Waals surface area contributed by atoms with Crippen LogP contribution in [0.4, 0.5) is 5.82 Å². The van der Waals surface area contributed by atoms with E-state index in [1.807, 2.05) is 29.2 Å². The summed E-state index contributed by atoms with van der Waals surface area (Å²) in [4.78, 5) is 26.9. The molecule has 0 saturated carbocycles. The molecule has 1 amide bonds. The van der Waals surface area contributed by atoms with Crippen molar-refractivity contribution in [3.63, 3.8) is 0 Å². The molecule has 0 spiro atoms. The van der Waals surface area contributed by atoms with Crippen molar-refractivity contribution in [3.05, 3.63) is 51.9 Å². The topological polar surface area (TPSA) is 90.8 Å². The number of piperazine rings is 1. The smallest absolute Gasteiger partial charge is 0.231 e. The SMILES string of the molecule is C[C@@H]1C[C@@H](O)c2ncnc(N3CCN(C(=O)[C@H](CNC4CCOCC4)c4ccc(Br)cc4)CC3)c21. The van der Waals surface area contributed by atoms with Gasteiger partial charge in [-0.1, -0.05) is 35.0 Å². The van der Waals surface area contributed by atoms with E-state index in [2.05, 4.69) is 43.0 Å². The Morgan fingerprint density at radius 3 is 2.60 bits per heavy atom. The maximum atomic E-state index is 13.8. The normalized spacial score (nSPS) is 23.9. The number of fused-ring (bicyclic) bond motifs is 1. The average Bonchev–Trinajstić information content (AvgIpc) is 3.19. The number of rotatable bonds is 6. The molecule has 1 aromatic heterocycles. The number of carbonyl (C=O) groups is 1. The van der Waals surface area contributed by atoms with Crippen molar-refractivity contribution in [2.24, 2.45) is 0 Å². The second-order valence-electron chi connectivity index (χ2n) is 9.86. The monoisotopic (exact) mass is 543 g/mol. The molecule has 3 heterocycles. The van der Waals surface area contributed by atoms with Gasteiger partial charge in [0.25, 0.3) is 0 Å². The molecule has 2 aliphatic heterocycles. The van der Waals surface area contributed by atoms with Gasteiger partial charge in [0.1, 0.15) is 12.1 Å². The van der Waals surface area contributed by atoms with Crippen LogP contribution < -0.4 is 10.2 Å². The molecule has 3 atom stereocenters. The highest BCUT2D eigenvalue weighted by atomic mass is 79.9. The number of hydrogen-bond donors (Lipinski definition) is 2. The molecule has 3 aliphatic rings. The average molecular weight is 544 g/mol. The lowest BCUT2D eigenvalue weighted by Crippen LogP contribution is -2.51. The molecule has 1 aromatic carbocycles. The lowest BCUT2D eigenvalue weighted by atomic mass is 9.96. The van der Waals surface area contributed by atoms with Crippen LogP contribution in [0.2, 0.25) is 0 Å². The zero-order valence-electron chi connectivity index (χ0n) is 20.2. The van der Waals surface area contributed by atoms with Crippen molar-refractivity contribution in [2.75, 3.05) is 50.8 Å². The lowest BCUT2D eigenvalue weighted by Gasteiger charge is -2.38. The van der Waals surface area contributed by atoms with Gasteiger partial charge in [0, 0.05) is 62.0 Å². The molecule has 35 heavy (non-hydrogen) atoms. The van der Waals surface area contributed by atoms with Crippen molar-refractivity contribution in [1.82, 2.24) is 20.2 Å². The molecular weight excluding hydrogens is 510 g/mol. The van der Waals surface area contributed by atoms with Crippen LogP contribution in [0.5, 0.6) is 0 Å². The molecule has 0 unspecified atom stereocenters. The Balaban J connectivity index is 1.27. The van der Waals surface area contributed by atoms with Gasteiger partial charge in [-0.25, -0.2) is 9.97 Å². The highest BCUT2D eigenvalue weighted by molar-refractivity contribution is 9.10. The van der Waals surface area contributed by atoms with Gasteiger partial charge >= 0.3 is 0 Å². The minimum Gasteiger partial charge on any atom is -0.387 e. The molecule has 2 aromatic rings. The van der Waals surface area contributed by atoms with Crippen molar-refractivity contribution in [2.45, 2.75) is 50.2 Å². The van der Waals surface area contributed by atoms with Gasteiger partial charge < -0.3 is 25.0 Å². The van der Waals surface area contributed by atoms with Crippen LogP contribution in [-0.4, -0.2) is 77.9 Å². The number of nitrogens with one attached hydrogen (secondary N) is 1. The minimum absolute atomic E-state index is 0.170. The molecule has 5 rings (SSSR count). The first kappa shape index (κ1) is 24.6. The maximum Gasteiger partial charge on any atom is 0.231 e. The third-order valence-corrected chi connectivity index (χ3v) is 8.10. The fraction of sp³-hybridized carbons (Fsp3) is 0.577. The number of halogens is 1. The Morgan fingerprint density at radius 1 is 1.17 bits per heavy atom. The predicted octanol–water partition coefficient (Wildman–Crippen LogP) is 2.98. The van der Waals surface area contributed by atoms with Crippen LogP contribution in [0.1, 0.15) is 60.9 Å². The summed E-state index contributed by atoms with van der Waals surface area (Å²) in [5, 5.41) is 14.0. The van der Waals surface area contributed by atoms with Gasteiger partial charge in [0.15, 0.2) is 0 Å². The van der Waals surface area contributed by atoms with E-state index in [0.717, 1.165) is 66.3 Å². The first-order valence-corrected chi connectivity index (χ1v) is 13.4. The third-order valence-electron chi connectivity index (χ3n) is 7.57. The van der Waals surface area contributed by atoms with Gasteiger partial charge in [-0.2, -0.15) is 0 Å². The van der Waals surface area contributed by atoms with E-state index in [-0.39, 0.29) is 17.7 Å². The number of carbonyl (C=O) groups excluding carboxylic acids is 1. The Hall–Kier alpha value is -2.07. The number of aromatic nitrogens is 2. The van der Waals surface area contributed by atoms with Crippen molar-refractivity contribution < 1.29 is 14.6 Å². The quantitative estimate of drug-likeness (QED) is 0.578. The summed E-state index contributed by atoms with van der Waals surface area (Å²) < 4.78 is 6.50. The van der Waals surface area contributed by atoms with E-state index in [0.29, 0.717) is 32.1 Å². The van der Waals surface area contributed by atoms with Gasteiger partial charge in [-0.05, 0) is 42.9 Å². The van der Waals surface area contributed by atoms with E-state index in [1.54, 1.807) is 6.33 Å². The molecule has 2 fully saturated rings. The fourth-order valence-electron chi connectivity index (χ4n) is 5.54. The summed E-state index contributed by atoms with van der Waals surface area (Å²) in [6.07, 6.45) is 3.69. The van der Waals surface area contributed by atoms with E-state index in [9.17, 15) is 9.90 Å². The Bertz CT molecular complexity index is 1020. The van der Waals surface area contributed by atoms with Gasteiger partial charge in [0.05, 0.1) is 17.7 Å². The second kappa shape index (κ2) is 10.9. The van der Waals surface area contributed by atoms with Gasteiger partial charge in [-0.15, -0.1) is 0 Å². The predicted molar refractivity (Wildman–Crippen MR) is 138 cm³/mol. The van der Waals surface area contributed by atoms with E-state index >= 15 is 0 Å². The van der Waals surface area contributed by atoms with E-state index in [4.69, 9.17) is 4.74 Å². The number of ether oxygens (including phenoxy) is 1. The van der Waals surface area contributed by atoms with E-state index in [1.165, 1.54) is 0 Å². The maximum absolute atomic E-state index is 13.8. The molecule has 188 valence electrons. The summed E-state index contributed by atoms with van der Waals surface area (Å²) in [6, 6.07) is 8.50. The number of hydrogen-bond acceptors (Lipinski definition) is 7. The third kappa shape index (κ3) is 5.38. The summed E-state index contributed by atoms with van der Waals surface area (Å²) in [7, 11) is 0. The Labute approximate surface area is 215 Å². The van der Waals surface area contributed by atoms with Crippen LogP contribution >= 0.6 is 15.9 Å². The molecule has 8 nitrogen and oxygen atoms in total. The zero-order valence-corrected chi connectivity index (χ0v) is 21.8. The molecule has 0 bridgehead atoms. The molecular formula is C26H34BrN5O3. The largest absolute Gasteiger partial charge is 0.387 e. The number of amides is 1. The molecule has 2 saturated heterocycles. The van der Waals surface area contributed by atoms with Crippen LogP contribution in [0.3, 0.4) is 0 Å². The Morgan fingerprint density at radius 2 is 1.89 bits per heavy atom. The molecule has 2 N–H and O–H groups in total. The van der Waals surface area contributed by atoms with Gasteiger partial charge in [-0.3, -0.25) is 4.79 Å². The first-order valence-electron chi connectivity index (χ1n) is 12.6. The van der Waals surface area contributed by atoms with Gasteiger partial charge in [0.2, 0.25) is 5.91 Å². The second-order valence-corrected chi connectivity index (χ2v) is 10.8. The van der Waals surface area contributed by atoms with Crippen LogP contribution in [0.15, 0.2) is 35.1 Å². The number of nitrogens with zero attached hydrogens (tertiary/aromatic N) is 4. The Kier molecular flexibility index (Phi) is 7.67. The lowest BCUT2D eigenvalue weighted by molar-refractivity contribution is -0.133. The first-order chi connectivity index (χ1) is 17.0. The van der Waals surface area contributed by atoms with E-state index < -0.39 is 6.10 Å². The minimum atomic E-state index is -0.514. The fourth-order valence-corrected chi connectivity index (χ4v) is 5.81. The van der Waals surface area contributed by atoms with Crippen molar-refractivity contribution in [3.8, 4) is 0 Å². The summed E-state index contributed by atoms with van der Waals surface area (Å²) in [5.41, 5.74) is 2.86. The van der Waals surface area contributed by atoms with Crippen LogP contribution in [-0.2, 0) is 9.53 Å². The van der Waals surface area contributed by atoms with Crippen molar-refractivity contribution >= 4 is 27.7 Å². The number of aliphatic hydroxyl groups is 1. The highest BCUT2D eigenvalue weighted by Gasteiger charge is 2.35. The number of aliphatic hydroxyl groups excluding tert-OH is 1. The summed E-state index contributed by atoms with van der Waals surface area (Å²) in [6.45, 7) is 7.04.